The van der Waals surface area contributed by atoms with E-state index in [-0.39, 0.29) is 12.3 Å². The quantitative estimate of drug-likeness (QED) is 0.871. The van der Waals surface area contributed by atoms with Crippen LogP contribution < -0.4 is 5.32 Å². The van der Waals surface area contributed by atoms with Crippen molar-refractivity contribution >= 4 is 11.9 Å². The van der Waals surface area contributed by atoms with Gasteiger partial charge in [0.25, 0.3) is 0 Å². The molecule has 5 nitrogen and oxygen atoms in total. The fraction of sp³-hybridized carbons (Fsp3) is 0.562. The molecule has 1 aromatic heterocycles. The topological polar surface area (TPSA) is 79.3 Å². The Balaban J connectivity index is 2.00. The molecule has 1 aliphatic rings. The van der Waals surface area contributed by atoms with E-state index in [1.807, 2.05) is 6.07 Å². The molecule has 1 heterocycles. The summed E-state index contributed by atoms with van der Waals surface area (Å²) < 4.78 is 0. The van der Waals surface area contributed by atoms with E-state index in [9.17, 15) is 14.7 Å². The Morgan fingerprint density at radius 1 is 1.43 bits per heavy atom. The lowest BCUT2D eigenvalue weighted by Gasteiger charge is -2.37. The van der Waals surface area contributed by atoms with Crippen molar-refractivity contribution in [3.05, 3.63) is 30.1 Å². The number of hydrogen-bond acceptors (Lipinski definition) is 3. The molecule has 2 N–H and O–H groups in total. The van der Waals surface area contributed by atoms with Crippen molar-refractivity contribution < 1.29 is 14.7 Å². The first-order valence-electron chi connectivity index (χ1n) is 7.49. The number of carboxylic acids is 1. The van der Waals surface area contributed by atoms with Gasteiger partial charge in [-0.15, -0.1) is 0 Å². The summed E-state index contributed by atoms with van der Waals surface area (Å²) in [7, 11) is 0. The monoisotopic (exact) mass is 290 g/mol. The van der Waals surface area contributed by atoms with Crippen molar-refractivity contribution in [2.24, 2.45) is 5.92 Å². The molecule has 1 amide bonds. The first kappa shape index (κ1) is 15.5. The third-order valence-electron chi connectivity index (χ3n) is 4.41. The largest absolute Gasteiger partial charge is 0.480 e. The summed E-state index contributed by atoms with van der Waals surface area (Å²) >= 11 is 0. The SMILES string of the molecule is CCC1CCC(NC(=O)Cc2cccnc2)(C(=O)O)CC1. The summed E-state index contributed by atoms with van der Waals surface area (Å²) in [6.07, 6.45) is 7.25. The standard InChI is InChI=1S/C16H22N2O3/c1-2-12-5-7-16(8-6-12,15(20)21)18-14(19)10-13-4-3-9-17-11-13/h3-4,9,11-12H,2,5-8,10H2,1H3,(H,18,19)(H,20,21). The zero-order valence-corrected chi connectivity index (χ0v) is 12.3. The van der Waals surface area contributed by atoms with Gasteiger partial charge in [-0.25, -0.2) is 4.79 Å². The number of carbonyl (C=O) groups excluding carboxylic acids is 1. The molecule has 0 atom stereocenters. The number of carbonyl (C=O) groups is 2. The van der Waals surface area contributed by atoms with Crippen LogP contribution in [0.2, 0.25) is 0 Å². The van der Waals surface area contributed by atoms with Crippen LogP contribution in [0.5, 0.6) is 0 Å². The van der Waals surface area contributed by atoms with Crippen molar-refractivity contribution in [1.82, 2.24) is 10.3 Å². The zero-order chi connectivity index (χ0) is 15.3. The van der Waals surface area contributed by atoms with Crippen molar-refractivity contribution in [2.45, 2.75) is 51.0 Å². The summed E-state index contributed by atoms with van der Waals surface area (Å²) in [5.41, 5.74) is -0.303. The molecule has 0 unspecified atom stereocenters. The summed E-state index contributed by atoms with van der Waals surface area (Å²) in [5, 5.41) is 12.3. The predicted octanol–water partition coefficient (Wildman–Crippen LogP) is 2.16. The van der Waals surface area contributed by atoms with E-state index in [4.69, 9.17) is 0 Å². The van der Waals surface area contributed by atoms with Crippen LogP contribution in [0.4, 0.5) is 0 Å². The highest BCUT2D eigenvalue weighted by molar-refractivity contribution is 5.88. The van der Waals surface area contributed by atoms with Crippen molar-refractivity contribution in [3.8, 4) is 0 Å². The van der Waals surface area contributed by atoms with Gasteiger partial charge in [-0.1, -0.05) is 19.4 Å². The minimum absolute atomic E-state index is 0.167. The van der Waals surface area contributed by atoms with Crippen LogP contribution in [-0.2, 0) is 16.0 Å². The zero-order valence-electron chi connectivity index (χ0n) is 12.3. The summed E-state index contributed by atoms with van der Waals surface area (Å²) in [4.78, 5) is 27.7. The molecule has 5 heteroatoms. The smallest absolute Gasteiger partial charge is 0.329 e. The highest BCUT2D eigenvalue weighted by Crippen LogP contribution is 2.34. The van der Waals surface area contributed by atoms with Crippen LogP contribution in [0, 0.1) is 5.92 Å². The van der Waals surface area contributed by atoms with Gasteiger partial charge >= 0.3 is 5.97 Å². The van der Waals surface area contributed by atoms with Crippen LogP contribution in [0.25, 0.3) is 0 Å². The Labute approximate surface area is 124 Å². The maximum Gasteiger partial charge on any atom is 0.329 e. The number of aliphatic carboxylic acids is 1. The molecule has 0 saturated heterocycles. The van der Waals surface area contributed by atoms with Gasteiger partial charge in [0.1, 0.15) is 5.54 Å². The third kappa shape index (κ3) is 3.80. The Morgan fingerprint density at radius 3 is 2.67 bits per heavy atom. The molecule has 0 radical (unpaired) electrons. The van der Waals surface area contributed by atoms with E-state index >= 15 is 0 Å². The molecule has 2 rings (SSSR count). The fourth-order valence-electron chi connectivity index (χ4n) is 2.97. The summed E-state index contributed by atoms with van der Waals surface area (Å²) in [6, 6.07) is 3.58. The van der Waals surface area contributed by atoms with Gasteiger partial charge < -0.3 is 10.4 Å². The van der Waals surface area contributed by atoms with E-state index in [1.54, 1.807) is 18.5 Å². The van der Waals surface area contributed by atoms with Gasteiger partial charge in [0, 0.05) is 12.4 Å². The Morgan fingerprint density at radius 2 is 2.14 bits per heavy atom. The van der Waals surface area contributed by atoms with Gasteiger partial charge in [-0.05, 0) is 43.2 Å². The van der Waals surface area contributed by atoms with Crippen LogP contribution >= 0.6 is 0 Å². The van der Waals surface area contributed by atoms with E-state index in [0.29, 0.717) is 18.8 Å². The number of carboxylic acid groups (broad SMARTS) is 1. The molecule has 0 aromatic carbocycles. The minimum Gasteiger partial charge on any atom is -0.480 e. The molecule has 1 fully saturated rings. The van der Waals surface area contributed by atoms with Crippen LogP contribution in [-0.4, -0.2) is 27.5 Å². The molecular formula is C16H22N2O3. The van der Waals surface area contributed by atoms with Gasteiger partial charge in [-0.2, -0.15) is 0 Å². The Bertz CT molecular complexity index is 494. The number of aromatic nitrogens is 1. The number of amides is 1. The number of nitrogens with zero attached hydrogens (tertiary/aromatic N) is 1. The van der Waals surface area contributed by atoms with E-state index < -0.39 is 11.5 Å². The van der Waals surface area contributed by atoms with Crippen molar-refractivity contribution in [2.75, 3.05) is 0 Å². The van der Waals surface area contributed by atoms with Crippen LogP contribution in [0.15, 0.2) is 24.5 Å². The molecule has 0 aliphatic heterocycles. The average Bonchev–Trinajstić information content (AvgIpc) is 2.48. The molecular weight excluding hydrogens is 268 g/mol. The lowest BCUT2D eigenvalue weighted by Crippen LogP contribution is -2.56. The van der Waals surface area contributed by atoms with Gasteiger partial charge in [0.2, 0.25) is 5.91 Å². The highest BCUT2D eigenvalue weighted by atomic mass is 16.4. The van der Waals surface area contributed by atoms with Gasteiger partial charge in [-0.3, -0.25) is 9.78 Å². The highest BCUT2D eigenvalue weighted by Gasteiger charge is 2.42. The second-order valence-electron chi connectivity index (χ2n) is 5.83. The Kier molecular flexibility index (Phi) is 4.94. The first-order valence-corrected chi connectivity index (χ1v) is 7.49. The summed E-state index contributed by atoms with van der Waals surface area (Å²) in [5.74, 6) is -0.593. The average molecular weight is 290 g/mol. The number of rotatable bonds is 5. The molecule has 1 aliphatic carbocycles. The minimum atomic E-state index is -1.09. The fourth-order valence-corrected chi connectivity index (χ4v) is 2.97. The van der Waals surface area contributed by atoms with Crippen molar-refractivity contribution in [3.63, 3.8) is 0 Å². The number of nitrogens with one attached hydrogen (secondary N) is 1. The van der Waals surface area contributed by atoms with Crippen LogP contribution in [0.3, 0.4) is 0 Å². The number of pyridine rings is 1. The third-order valence-corrected chi connectivity index (χ3v) is 4.41. The maximum atomic E-state index is 12.1. The van der Waals surface area contributed by atoms with Gasteiger partial charge in [0.05, 0.1) is 6.42 Å². The number of hydrogen-bond donors (Lipinski definition) is 2. The lowest BCUT2D eigenvalue weighted by atomic mass is 9.75. The normalized spacial score (nSPS) is 25.3. The molecule has 21 heavy (non-hydrogen) atoms. The second kappa shape index (κ2) is 6.70. The molecule has 1 saturated carbocycles. The molecule has 0 spiro atoms. The van der Waals surface area contributed by atoms with Crippen molar-refractivity contribution in [1.29, 1.82) is 0 Å². The van der Waals surface area contributed by atoms with Crippen LogP contribution in [0.1, 0.15) is 44.6 Å². The predicted molar refractivity (Wildman–Crippen MR) is 78.7 cm³/mol. The van der Waals surface area contributed by atoms with E-state index in [1.165, 1.54) is 0 Å². The lowest BCUT2D eigenvalue weighted by molar-refractivity contribution is -0.149. The van der Waals surface area contributed by atoms with Gasteiger partial charge in [0.15, 0.2) is 0 Å². The summed E-state index contributed by atoms with van der Waals surface area (Å²) in [6.45, 7) is 2.12. The second-order valence-corrected chi connectivity index (χ2v) is 5.83. The maximum absolute atomic E-state index is 12.1. The molecule has 114 valence electrons. The van der Waals surface area contributed by atoms with E-state index in [2.05, 4.69) is 17.2 Å². The first-order chi connectivity index (χ1) is 10.1. The Hall–Kier alpha value is -1.91. The van der Waals surface area contributed by atoms with E-state index in [0.717, 1.165) is 24.8 Å². The molecule has 1 aromatic rings. The molecule has 0 bridgehead atoms.